The van der Waals surface area contributed by atoms with E-state index in [1.54, 1.807) is 34.3 Å². The van der Waals surface area contributed by atoms with E-state index in [1.165, 1.54) is 6.26 Å². The van der Waals surface area contributed by atoms with E-state index in [2.05, 4.69) is 21.2 Å². The zero-order chi connectivity index (χ0) is 15.5. The van der Waals surface area contributed by atoms with E-state index < -0.39 is 15.1 Å². The van der Waals surface area contributed by atoms with E-state index >= 15 is 0 Å². The molecule has 0 aliphatic carbocycles. The smallest absolute Gasteiger partial charge is 0.151 e. The maximum atomic E-state index is 11.8. The van der Waals surface area contributed by atoms with Crippen molar-refractivity contribution in [3.63, 3.8) is 0 Å². The Labute approximate surface area is 128 Å². The van der Waals surface area contributed by atoms with Crippen molar-refractivity contribution < 1.29 is 17.9 Å². The Balaban J connectivity index is 3.40. The van der Waals surface area contributed by atoms with Gasteiger partial charge in [0.05, 0.1) is 25.5 Å². The van der Waals surface area contributed by atoms with Crippen LogP contribution in [-0.2, 0) is 9.84 Å². The SMILES string of the molecule is CNC(c1ccc(OC)c(Br)c1OC)C(C)S(C)(=O)=O. The van der Waals surface area contributed by atoms with Crippen LogP contribution in [0.2, 0.25) is 0 Å². The lowest BCUT2D eigenvalue weighted by molar-refractivity contribution is 0.380. The average molecular weight is 366 g/mol. The highest BCUT2D eigenvalue weighted by Gasteiger charge is 2.29. The summed E-state index contributed by atoms with van der Waals surface area (Å²) in [6.45, 7) is 1.67. The quantitative estimate of drug-likeness (QED) is 0.836. The number of sulfone groups is 1. The first-order valence-corrected chi connectivity index (χ1v) is 8.79. The number of rotatable bonds is 6. The second kappa shape index (κ2) is 6.78. The van der Waals surface area contributed by atoms with Crippen LogP contribution in [0, 0.1) is 0 Å². The molecule has 2 unspecified atom stereocenters. The molecule has 20 heavy (non-hydrogen) atoms. The van der Waals surface area contributed by atoms with Gasteiger partial charge in [-0.3, -0.25) is 0 Å². The van der Waals surface area contributed by atoms with Gasteiger partial charge in [0.1, 0.15) is 16.0 Å². The zero-order valence-corrected chi connectivity index (χ0v) is 14.6. The molecule has 0 heterocycles. The van der Waals surface area contributed by atoms with Crippen LogP contribution in [-0.4, -0.2) is 41.2 Å². The minimum Gasteiger partial charge on any atom is -0.495 e. The fourth-order valence-corrected chi connectivity index (χ4v) is 3.52. The molecule has 0 aliphatic heterocycles. The van der Waals surface area contributed by atoms with Gasteiger partial charge in [-0.25, -0.2) is 8.42 Å². The minimum atomic E-state index is -3.18. The Kier molecular flexibility index (Phi) is 5.85. The highest BCUT2D eigenvalue weighted by molar-refractivity contribution is 9.10. The first kappa shape index (κ1) is 17.3. The molecule has 0 saturated carbocycles. The van der Waals surface area contributed by atoms with Gasteiger partial charge in [0.25, 0.3) is 0 Å². The summed E-state index contributed by atoms with van der Waals surface area (Å²) in [6.07, 6.45) is 1.23. The van der Waals surface area contributed by atoms with E-state index in [0.29, 0.717) is 16.0 Å². The van der Waals surface area contributed by atoms with Crippen LogP contribution >= 0.6 is 15.9 Å². The van der Waals surface area contributed by atoms with Crippen LogP contribution in [0.5, 0.6) is 11.5 Å². The van der Waals surface area contributed by atoms with Crippen LogP contribution < -0.4 is 14.8 Å². The highest BCUT2D eigenvalue weighted by Crippen LogP contribution is 2.40. The van der Waals surface area contributed by atoms with Crippen LogP contribution in [0.25, 0.3) is 0 Å². The number of hydrogen-bond acceptors (Lipinski definition) is 5. The third-order valence-electron chi connectivity index (χ3n) is 3.31. The van der Waals surface area contributed by atoms with E-state index in [4.69, 9.17) is 9.47 Å². The summed E-state index contributed by atoms with van der Waals surface area (Å²) >= 11 is 3.42. The summed E-state index contributed by atoms with van der Waals surface area (Å²) in [6, 6.07) is 3.22. The predicted octanol–water partition coefficient (Wildman–Crippen LogP) is 2.16. The minimum absolute atomic E-state index is 0.373. The second-order valence-electron chi connectivity index (χ2n) is 4.51. The van der Waals surface area contributed by atoms with Gasteiger partial charge in [0, 0.05) is 11.8 Å². The normalized spacial score (nSPS) is 14.7. The molecule has 5 nitrogen and oxygen atoms in total. The summed E-state index contributed by atoms with van der Waals surface area (Å²) in [5.41, 5.74) is 0.764. The fraction of sp³-hybridized carbons (Fsp3) is 0.538. The van der Waals surface area contributed by atoms with Crippen molar-refractivity contribution in [1.82, 2.24) is 5.32 Å². The van der Waals surface area contributed by atoms with Crippen molar-refractivity contribution in [2.75, 3.05) is 27.5 Å². The van der Waals surface area contributed by atoms with E-state index in [1.807, 2.05) is 6.07 Å². The van der Waals surface area contributed by atoms with Gasteiger partial charge in [0.2, 0.25) is 0 Å². The fourth-order valence-electron chi connectivity index (χ4n) is 2.05. The molecule has 0 radical (unpaired) electrons. The van der Waals surface area contributed by atoms with Gasteiger partial charge in [0.15, 0.2) is 9.84 Å². The van der Waals surface area contributed by atoms with E-state index in [9.17, 15) is 8.42 Å². The Morgan fingerprint density at radius 3 is 2.25 bits per heavy atom. The third kappa shape index (κ3) is 3.45. The van der Waals surface area contributed by atoms with Crippen molar-refractivity contribution in [1.29, 1.82) is 0 Å². The van der Waals surface area contributed by atoms with Crippen molar-refractivity contribution in [2.24, 2.45) is 0 Å². The molecule has 1 aromatic carbocycles. The second-order valence-corrected chi connectivity index (χ2v) is 7.70. The molecule has 0 spiro atoms. The number of ether oxygens (including phenoxy) is 2. The van der Waals surface area contributed by atoms with Gasteiger partial charge in [-0.2, -0.15) is 0 Å². The number of methoxy groups -OCH3 is 2. The molecule has 1 N–H and O–H groups in total. The zero-order valence-electron chi connectivity index (χ0n) is 12.2. The summed E-state index contributed by atoms with van der Waals surface area (Å²) in [5, 5.41) is 2.46. The first-order valence-electron chi connectivity index (χ1n) is 6.04. The largest absolute Gasteiger partial charge is 0.495 e. The van der Waals surface area contributed by atoms with Crippen molar-refractivity contribution in [2.45, 2.75) is 18.2 Å². The van der Waals surface area contributed by atoms with Crippen molar-refractivity contribution in [3.8, 4) is 11.5 Å². The van der Waals surface area contributed by atoms with Gasteiger partial charge >= 0.3 is 0 Å². The summed E-state index contributed by atoms with van der Waals surface area (Å²) in [5.74, 6) is 1.20. The first-order chi connectivity index (χ1) is 9.27. The lowest BCUT2D eigenvalue weighted by Crippen LogP contribution is -2.33. The number of halogens is 1. The topological polar surface area (TPSA) is 64.6 Å². The average Bonchev–Trinajstić information content (AvgIpc) is 2.38. The van der Waals surface area contributed by atoms with Crippen LogP contribution in [0.4, 0.5) is 0 Å². The molecule has 2 atom stereocenters. The van der Waals surface area contributed by atoms with Gasteiger partial charge in [-0.05, 0) is 42.0 Å². The number of benzene rings is 1. The van der Waals surface area contributed by atoms with Crippen molar-refractivity contribution in [3.05, 3.63) is 22.2 Å². The van der Waals surface area contributed by atoms with Gasteiger partial charge < -0.3 is 14.8 Å². The summed E-state index contributed by atoms with van der Waals surface area (Å²) < 4.78 is 34.9. The number of nitrogens with one attached hydrogen (secondary N) is 1. The molecule has 114 valence electrons. The summed E-state index contributed by atoms with van der Waals surface area (Å²) in [7, 11) is 1.65. The maximum absolute atomic E-state index is 11.8. The third-order valence-corrected chi connectivity index (χ3v) is 5.68. The maximum Gasteiger partial charge on any atom is 0.151 e. The molecule has 0 fully saturated rings. The molecule has 0 saturated heterocycles. The molecule has 1 rings (SSSR count). The Bertz CT molecular complexity index is 574. The van der Waals surface area contributed by atoms with Gasteiger partial charge in [-0.1, -0.05) is 0 Å². The Morgan fingerprint density at radius 2 is 1.85 bits per heavy atom. The molecule has 0 aromatic heterocycles. The van der Waals surface area contributed by atoms with E-state index in [-0.39, 0.29) is 6.04 Å². The predicted molar refractivity (Wildman–Crippen MR) is 83.4 cm³/mol. The van der Waals surface area contributed by atoms with E-state index in [0.717, 1.165) is 5.56 Å². The lowest BCUT2D eigenvalue weighted by atomic mass is 10.0. The summed E-state index contributed by atoms with van der Waals surface area (Å²) in [4.78, 5) is 0. The van der Waals surface area contributed by atoms with Crippen LogP contribution in [0.15, 0.2) is 16.6 Å². The molecule has 0 aliphatic rings. The standard InChI is InChI=1S/C13H20BrNO4S/c1-8(20(5,16)17)12(15-2)9-6-7-10(18-3)11(14)13(9)19-4/h6-8,12,15H,1-5H3. The monoisotopic (exact) mass is 365 g/mol. The molecule has 0 bridgehead atoms. The lowest BCUT2D eigenvalue weighted by Gasteiger charge is -2.25. The number of hydrogen-bond donors (Lipinski definition) is 1. The van der Waals surface area contributed by atoms with Crippen LogP contribution in [0.1, 0.15) is 18.5 Å². The molecular weight excluding hydrogens is 346 g/mol. The molecule has 7 heteroatoms. The van der Waals surface area contributed by atoms with Gasteiger partial charge in [-0.15, -0.1) is 0 Å². The molecule has 1 aromatic rings. The molecular formula is C13H20BrNO4S. The van der Waals surface area contributed by atoms with Crippen LogP contribution in [0.3, 0.4) is 0 Å². The Hall–Kier alpha value is -0.790. The Morgan fingerprint density at radius 1 is 1.25 bits per heavy atom. The highest BCUT2D eigenvalue weighted by atomic mass is 79.9. The van der Waals surface area contributed by atoms with Crippen molar-refractivity contribution >= 4 is 25.8 Å². The molecule has 0 amide bonds.